The van der Waals surface area contributed by atoms with Crippen LogP contribution >= 0.6 is 11.8 Å². The number of alkyl halides is 3. The highest BCUT2D eigenvalue weighted by Crippen LogP contribution is 2.30. The molecule has 0 bridgehead atoms. The molecule has 6 N–H and O–H groups in total. The summed E-state index contributed by atoms with van der Waals surface area (Å²) in [5.74, 6) is 0. The van der Waals surface area contributed by atoms with E-state index in [0.717, 1.165) is 10.7 Å². The largest absolute Gasteiger partial charge is 0.435 e. The molecular weight excluding hydrogens is 445 g/mol. The third-order valence-corrected chi connectivity index (χ3v) is 4.74. The maximum Gasteiger partial charge on any atom is 0.435 e. The quantitative estimate of drug-likeness (QED) is 0.166. The molecular formula is C19H29F3N8OS. The molecule has 0 aliphatic heterocycles. The lowest BCUT2D eigenvalue weighted by Gasteiger charge is -2.31. The lowest BCUT2D eigenvalue weighted by atomic mass is 10.0. The van der Waals surface area contributed by atoms with Crippen LogP contribution in [0.15, 0.2) is 40.2 Å². The van der Waals surface area contributed by atoms with Gasteiger partial charge in [0.05, 0.1) is 17.8 Å². The molecule has 0 amide bonds. The van der Waals surface area contributed by atoms with Crippen LogP contribution in [0.2, 0.25) is 0 Å². The predicted molar refractivity (Wildman–Crippen MR) is 123 cm³/mol. The Bertz CT molecular complexity index is 890. The Morgan fingerprint density at radius 3 is 2.59 bits per heavy atom. The van der Waals surface area contributed by atoms with Crippen LogP contribution in [0.5, 0.6) is 0 Å². The smallest absolute Gasteiger partial charge is 0.404 e. The van der Waals surface area contributed by atoms with Crippen LogP contribution in [0.25, 0.3) is 0 Å². The minimum atomic E-state index is -4.66. The zero-order chi connectivity index (χ0) is 24.5. The Kier molecular flexibility index (Phi) is 9.97. The third kappa shape index (κ3) is 8.04. The van der Waals surface area contributed by atoms with Gasteiger partial charge in [0.15, 0.2) is 11.3 Å². The van der Waals surface area contributed by atoms with Crippen LogP contribution in [0.3, 0.4) is 0 Å². The Labute approximate surface area is 189 Å². The van der Waals surface area contributed by atoms with Crippen molar-refractivity contribution in [3.8, 4) is 0 Å². The molecule has 13 heteroatoms. The number of aliphatic imine (C=N–C) groups is 1. The van der Waals surface area contributed by atoms with E-state index in [1.807, 2.05) is 0 Å². The fraction of sp³-hybridized carbons (Fsp3) is 0.474. The molecule has 9 nitrogen and oxygen atoms in total. The number of nitrogens with one attached hydrogen (secondary N) is 2. The molecule has 0 spiro atoms. The number of carbonyl (C=O) groups is 1. The highest BCUT2D eigenvalue weighted by molar-refractivity contribution is 8.25. The summed E-state index contributed by atoms with van der Waals surface area (Å²) in [6.45, 7) is 7.47. The molecule has 0 aliphatic carbocycles. The molecule has 0 radical (unpaired) electrons. The van der Waals surface area contributed by atoms with Gasteiger partial charge in [-0.15, -0.1) is 0 Å². The van der Waals surface area contributed by atoms with Gasteiger partial charge in [-0.3, -0.25) is 14.5 Å². The lowest BCUT2D eigenvalue weighted by Crippen LogP contribution is -2.47. The van der Waals surface area contributed by atoms with E-state index in [0.29, 0.717) is 35.1 Å². The van der Waals surface area contributed by atoms with Gasteiger partial charge in [-0.25, -0.2) is 0 Å². The maximum absolute atomic E-state index is 13.3. The number of nitrogens with two attached hydrogens (primary N) is 2. The van der Waals surface area contributed by atoms with E-state index >= 15 is 0 Å². The van der Waals surface area contributed by atoms with E-state index in [1.165, 1.54) is 13.2 Å². The van der Waals surface area contributed by atoms with Crippen LogP contribution in [0, 0.1) is 0 Å². The fourth-order valence-corrected chi connectivity index (χ4v) is 3.31. The van der Waals surface area contributed by atoms with Crippen molar-refractivity contribution in [3.63, 3.8) is 0 Å². The van der Waals surface area contributed by atoms with E-state index in [4.69, 9.17) is 11.5 Å². The number of aromatic nitrogens is 2. The second-order valence-electron chi connectivity index (χ2n) is 7.40. The van der Waals surface area contributed by atoms with Gasteiger partial charge in [0.1, 0.15) is 5.04 Å². The summed E-state index contributed by atoms with van der Waals surface area (Å²) in [5.41, 5.74) is 14.0. The molecule has 1 atom stereocenters. The van der Waals surface area contributed by atoms with Crippen molar-refractivity contribution in [1.29, 1.82) is 0 Å². The number of hydrogen-bond acceptors (Lipinski definition) is 9. The van der Waals surface area contributed by atoms with Crippen molar-refractivity contribution in [3.05, 3.63) is 41.5 Å². The Hall–Kier alpha value is -2.80. The first-order valence-corrected chi connectivity index (χ1v) is 10.3. The number of halogens is 3. The van der Waals surface area contributed by atoms with Crippen LogP contribution in [0.1, 0.15) is 31.7 Å². The molecule has 1 rings (SSSR count). The highest BCUT2D eigenvalue weighted by atomic mass is 32.2. The van der Waals surface area contributed by atoms with Gasteiger partial charge < -0.3 is 22.2 Å². The third-order valence-electron chi connectivity index (χ3n) is 4.12. The molecule has 1 aromatic rings. The van der Waals surface area contributed by atoms with Gasteiger partial charge in [-0.2, -0.15) is 23.4 Å². The Balaban J connectivity index is 3.17. The van der Waals surface area contributed by atoms with E-state index in [9.17, 15) is 18.0 Å². The normalized spacial score (nSPS) is 14.5. The number of nitrogens with zero attached hydrogens (tertiary/aromatic N) is 4. The van der Waals surface area contributed by atoms with Gasteiger partial charge >= 0.3 is 6.18 Å². The maximum atomic E-state index is 13.3. The van der Waals surface area contributed by atoms with Crippen LogP contribution in [-0.2, 0) is 17.5 Å². The number of thioether (sulfide) groups is 1. The molecule has 1 aromatic heterocycles. The van der Waals surface area contributed by atoms with Crippen molar-refractivity contribution in [1.82, 2.24) is 20.5 Å². The first-order valence-electron chi connectivity index (χ1n) is 9.44. The van der Waals surface area contributed by atoms with Gasteiger partial charge in [0, 0.05) is 32.0 Å². The Morgan fingerprint density at radius 1 is 1.44 bits per heavy atom. The van der Waals surface area contributed by atoms with Crippen LogP contribution < -0.4 is 22.2 Å². The van der Waals surface area contributed by atoms with Crippen molar-refractivity contribution in [2.24, 2.45) is 21.6 Å². The second-order valence-corrected chi connectivity index (χ2v) is 8.21. The standard InChI is InChI=1S/C19H29F3N8OS/c1-12(14(24)6-13(8-23)9-25-4)27-18(2,3)10-30-15(17(28-26-5)32-11-31)7-16(29-30)19(20,21)22/h7-9,11,14,26-27H,1,6,10,23-24H2,2-5H3/b13-8-,25-9?,28-17-/t14-/m1/s1. The van der Waals surface area contributed by atoms with Crippen molar-refractivity contribution < 1.29 is 18.0 Å². The molecule has 0 unspecified atom stereocenters. The summed E-state index contributed by atoms with van der Waals surface area (Å²) in [6, 6.07) is 0.336. The van der Waals surface area contributed by atoms with Gasteiger partial charge in [-0.05, 0) is 49.9 Å². The Morgan fingerprint density at radius 2 is 2.09 bits per heavy atom. The monoisotopic (exact) mass is 474 g/mol. The first kappa shape index (κ1) is 27.2. The lowest BCUT2D eigenvalue weighted by molar-refractivity contribution is -0.141. The topological polar surface area (TPSA) is 136 Å². The zero-order valence-corrected chi connectivity index (χ0v) is 19.2. The minimum absolute atomic E-state index is 0.00229. The first-order chi connectivity index (χ1) is 14.9. The van der Waals surface area contributed by atoms with E-state index in [1.54, 1.807) is 27.1 Å². The predicted octanol–water partition coefficient (Wildman–Crippen LogP) is 1.85. The highest BCUT2D eigenvalue weighted by Gasteiger charge is 2.36. The molecule has 0 aliphatic rings. The molecule has 0 aromatic carbocycles. The van der Waals surface area contributed by atoms with Crippen molar-refractivity contribution in [2.45, 2.75) is 44.6 Å². The van der Waals surface area contributed by atoms with Gasteiger partial charge in [0.25, 0.3) is 0 Å². The van der Waals surface area contributed by atoms with Crippen LogP contribution in [0.4, 0.5) is 13.2 Å². The van der Waals surface area contributed by atoms with Crippen molar-refractivity contribution >= 4 is 28.6 Å². The van der Waals surface area contributed by atoms with Crippen molar-refractivity contribution in [2.75, 3.05) is 14.1 Å². The molecule has 0 saturated heterocycles. The molecule has 0 fully saturated rings. The number of rotatable bonds is 11. The molecule has 32 heavy (non-hydrogen) atoms. The number of hydrazone groups is 1. The summed E-state index contributed by atoms with van der Waals surface area (Å²) in [5, 5.41) is 10.8. The second kappa shape index (κ2) is 11.7. The zero-order valence-electron chi connectivity index (χ0n) is 18.4. The summed E-state index contributed by atoms with van der Waals surface area (Å²) < 4.78 is 41.1. The van der Waals surface area contributed by atoms with Gasteiger partial charge in [0.2, 0.25) is 0 Å². The number of carbonyl (C=O) groups excluding carboxylic acids is 1. The minimum Gasteiger partial charge on any atom is -0.404 e. The summed E-state index contributed by atoms with van der Waals surface area (Å²) in [6.07, 6.45) is -1.31. The average Bonchev–Trinajstić information content (AvgIpc) is 3.10. The van der Waals surface area contributed by atoms with E-state index < -0.39 is 23.5 Å². The average molecular weight is 475 g/mol. The fourth-order valence-electron chi connectivity index (χ4n) is 2.79. The molecule has 1 heterocycles. The van der Waals surface area contributed by atoms with Crippen LogP contribution in [-0.4, -0.2) is 52.3 Å². The molecule has 178 valence electrons. The van der Waals surface area contributed by atoms with E-state index in [2.05, 4.69) is 32.5 Å². The SMILES string of the molecule is C=C(NC(C)(C)Cn1nc(C(F)(F)F)cc1/C(=N/NC)SC=O)[C@H](N)C/C(C=NC)=C/N. The summed E-state index contributed by atoms with van der Waals surface area (Å²) in [7, 11) is 3.08. The summed E-state index contributed by atoms with van der Waals surface area (Å²) >= 11 is 0.641. The number of hydrogen-bond donors (Lipinski definition) is 4. The molecule has 0 saturated carbocycles. The van der Waals surface area contributed by atoms with Gasteiger partial charge in [-0.1, -0.05) is 6.58 Å². The summed E-state index contributed by atoms with van der Waals surface area (Å²) in [4.78, 5) is 14.9. The van der Waals surface area contributed by atoms with E-state index in [-0.39, 0.29) is 17.3 Å².